The van der Waals surface area contributed by atoms with Gasteiger partial charge >= 0.3 is 5.97 Å². The Morgan fingerprint density at radius 1 is 1.65 bits per heavy atom. The second kappa shape index (κ2) is 4.92. The number of carboxylic acid groups (broad SMARTS) is 1. The number of aromatic nitrogens is 1. The van der Waals surface area contributed by atoms with Crippen molar-refractivity contribution in [2.24, 2.45) is 5.92 Å². The molecule has 1 aliphatic carbocycles. The number of anilines is 1. The first-order valence-corrected chi connectivity index (χ1v) is 6.16. The number of pyridine rings is 1. The van der Waals surface area contributed by atoms with E-state index in [2.05, 4.69) is 17.2 Å². The van der Waals surface area contributed by atoms with Gasteiger partial charge in [0.1, 0.15) is 16.5 Å². The molecule has 92 valence electrons. The lowest BCUT2D eigenvalue weighted by Gasteiger charge is -2.08. The molecule has 1 saturated carbocycles. The summed E-state index contributed by atoms with van der Waals surface area (Å²) in [7, 11) is 0. The molecule has 1 aromatic rings. The average molecular weight is 255 g/mol. The maximum Gasteiger partial charge on any atom is 0.339 e. The second-order valence-electron chi connectivity index (χ2n) is 4.37. The molecule has 1 fully saturated rings. The minimum absolute atomic E-state index is 0.177. The lowest BCUT2D eigenvalue weighted by molar-refractivity contribution is 0.0697. The first-order valence-electron chi connectivity index (χ1n) is 5.78. The summed E-state index contributed by atoms with van der Waals surface area (Å²) in [6, 6.07) is 3.32. The van der Waals surface area contributed by atoms with E-state index in [-0.39, 0.29) is 5.56 Å². The summed E-state index contributed by atoms with van der Waals surface area (Å²) in [6.45, 7) is 2.15. The molecule has 0 spiro atoms. The second-order valence-corrected chi connectivity index (χ2v) is 4.76. The van der Waals surface area contributed by atoms with Crippen LogP contribution in [0.15, 0.2) is 12.1 Å². The van der Waals surface area contributed by atoms with Crippen molar-refractivity contribution in [1.82, 2.24) is 4.98 Å². The summed E-state index contributed by atoms with van der Waals surface area (Å²) >= 11 is 5.78. The third-order valence-electron chi connectivity index (χ3n) is 3.00. The van der Waals surface area contributed by atoms with Crippen LogP contribution in [-0.4, -0.2) is 22.1 Å². The third-order valence-corrected chi connectivity index (χ3v) is 3.21. The smallest absolute Gasteiger partial charge is 0.339 e. The SMILES string of the molecule is CCCC1CC1Nc1nc(Cl)ccc1C(=O)O. The molecule has 17 heavy (non-hydrogen) atoms. The Bertz CT molecular complexity index is 437. The number of hydrogen-bond acceptors (Lipinski definition) is 3. The van der Waals surface area contributed by atoms with Gasteiger partial charge < -0.3 is 10.4 Å². The summed E-state index contributed by atoms with van der Waals surface area (Å²) in [5.41, 5.74) is 0.177. The lowest BCUT2D eigenvalue weighted by atomic mass is 10.2. The molecule has 0 aromatic carbocycles. The molecular weight excluding hydrogens is 240 g/mol. The number of aromatic carboxylic acids is 1. The van der Waals surface area contributed by atoms with Crippen molar-refractivity contribution >= 4 is 23.4 Å². The van der Waals surface area contributed by atoms with E-state index in [1.807, 2.05) is 0 Å². The molecule has 4 nitrogen and oxygen atoms in total. The highest BCUT2D eigenvalue weighted by Gasteiger charge is 2.36. The highest BCUT2D eigenvalue weighted by atomic mass is 35.5. The first-order chi connectivity index (χ1) is 8.11. The topological polar surface area (TPSA) is 62.2 Å². The molecule has 0 amide bonds. The van der Waals surface area contributed by atoms with E-state index in [0.717, 1.165) is 12.8 Å². The van der Waals surface area contributed by atoms with Gasteiger partial charge in [0.15, 0.2) is 0 Å². The lowest BCUT2D eigenvalue weighted by Crippen LogP contribution is -2.11. The van der Waals surface area contributed by atoms with Gasteiger partial charge in [-0.05, 0) is 30.9 Å². The average Bonchev–Trinajstić information content (AvgIpc) is 2.96. The molecule has 0 radical (unpaired) electrons. The van der Waals surface area contributed by atoms with E-state index in [1.165, 1.54) is 18.6 Å². The minimum Gasteiger partial charge on any atom is -0.478 e. The number of carboxylic acids is 1. The molecule has 0 saturated heterocycles. The molecule has 0 bridgehead atoms. The van der Waals surface area contributed by atoms with Gasteiger partial charge in [-0.25, -0.2) is 9.78 Å². The van der Waals surface area contributed by atoms with E-state index in [9.17, 15) is 4.79 Å². The van der Waals surface area contributed by atoms with Crippen LogP contribution in [0.4, 0.5) is 5.82 Å². The number of hydrogen-bond donors (Lipinski definition) is 2. The normalized spacial score (nSPS) is 22.2. The molecule has 1 aliphatic rings. The van der Waals surface area contributed by atoms with Crippen LogP contribution in [-0.2, 0) is 0 Å². The van der Waals surface area contributed by atoms with Gasteiger partial charge in [0.25, 0.3) is 0 Å². The van der Waals surface area contributed by atoms with Crippen LogP contribution in [0.5, 0.6) is 0 Å². The summed E-state index contributed by atoms with van der Waals surface area (Å²) < 4.78 is 0. The van der Waals surface area contributed by atoms with Gasteiger partial charge in [-0.1, -0.05) is 24.9 Å². The molecule has 2 unspecified atom stereocenters. The van der Waals surface area contributed by atoms with Gasteiger partial charge in [0.05, 0.1) is 0 Å². The fraction of sp³-hybridized carbons (Fsp3) is 0.500. The molecule has 1 aromatic heterocycles. The number of nitrogens with zero attached hydrogens (tertiary/aromatic N) is 1. The van der Waals surface area contributed by atoms with E-state index in [1.54, 1.807) is 0 Å². The Hall–Kier alpha value is -1.29. The van der Waals surface area contributed by atoms with Gasteiger partial charge in [0.2, 0.25) is 0 Å². The van der Waals surface area contributed by atoms with Crippen LogP contribution in [0.3, 0.4) is 0 Å². The van der Waals surface area contributed by atoms with Gasteiger partial charge in [-0.15, -0.1) is 0 Å². The Balaban J connectivity index is 2.10. The fourth-order valence-electron chi connectivity index (χ4n) is 2.01. The van der Waals surface area contributed by atoms with Gasteiger partial charge in [-0.2, -0.15) is 0 Å². The summed E-state index contributed by atoms with van der Waals surface area (Å²) in [6.07, 6.45) is 3.40. The quantitative estimate of drug-likeness (QED) is 0.793. The molecule has 5 heteroatoms. The molecule has 2 atom stereocenters. The Morgan fingerprint density at radius 2 is 2.41 bits per heavy atom. The van der Waals surface area contributed by atoms with Crippen molar-refractivity contribution in [1.29, 1.82) is 0 Å². The number of halogens is 1. The van der Waals surface area contributed by atoms with E-state index < -0.39 is 5.97 Å². The molecule has 2 N–H and O–H groups in total. The van der Waals surface area contributed by atoms with Crippen LogP contribution >= 0.6 is 11.6 Å². The largest absolute Gasteiger partial charge is 0.478 e. The predicted octanol–water partition coefficient (Wildman–Crippen LogP) is 3.03. The fourth-order valence-corrected chi connectivity index (χ4v) is 2.16. The molecule has 0 aliphatic heterocycles. The predicted molar refractivity (Wildman–Crippen MR) is 66.6 cm³/mol. The summed E-state index contributed by atoms with van der Waals surface area (Å²) in [4.78, 5) is 15.1. The van der Waals surface area contributed by atoms with Gasteiger partial charge in [-0.3, -0.25) is 0 Å². The Labute approximate surface area is 105 Å². The van der Waals surface area contributed by atoms with Crippen molar-refractivity contribution in [2.75, 3.05) is 5.32 Å². The van der Waals surface area contributed by atoms with Crippen LogP contribution in [0.25, 0.3) is 0 Å². The monoisotopic (exact) mass is 254 g/mol. The molecular formula is C12H15ClN2O2. The van der Waals surface area contributed by atoms with Crippen LogP contribution in [0.2, 0.25) is 5.15 Å². The summed E-state index contributed by atoms with van der Waals surface area (Å²) in [5.74, 6) is 0.0420. The maximum absolute atomic E-state index is 11.0. The number of rotatable bonds is 5. The van der Waals surface area contributed by atoms with Crippen LogP contribution in [0.1, 0.15) is 36.5 Å². The van der Waals surface area contributed by atoms with Crippen LogP contribution < -0.4 is 5.32 Å². The highest BCUT2D eigenvalue weighted by Crippen LogP contribution is 2.37. The highest BCUT2D eigenvalue weighted by molar-refractivity contribution is 6.29. The number of carbonyl (C=O) groups is 1. The standard InChI is InChI=1S/C12H15ClN2O2/c1-2-3-7-6-9(7)14-11-8(12(16)17)4-5-10(13)15-11/h4-5,7,9H,2-3,6H2,1H3,(H,14,15)(H,16,17). The van der Waals surface area contributed by atoms with Crippen molar-refractivity contribution in [3.05, 3.63) is 22.8 Å². The zero-order valence-corrected chi connectivity index (χ0v) is 10.4. The summed E-state index contributed by atoms with van der Waals surface area (Å²) in [5, 5.41) is 12.5. The molecule has 2 rings (SSSR count). The molecule has 1 heterocycles. The first kappa shape index (κ1) is 12.2. The van der Waals surface area contributed by atoms with Gasteiger partial charge in [0, 0.05) is 6.04 Å². The van der Waals surface area contributed by atoms with Crippen LogP contribution in [0, 0.1) is 5.92 Å². The van der Waals surface area contributed by atoms with E-state index in [0.29, 0.717) is 22.9 Å². The van der Waals surface area contributed by atoms with Crippen molar-refractivity contribution in [2.45, 2.75) is 32.2 Å². The third kappa shape index (κ3) is 2.88. The Morgan fingerprint density at radius 3 is 3.06 bits per heavy atom. The Kier molecular flexibility index (Phi) is 3.52. The van der Waals surface area contributed by atoms with Crippen molar-refractivity contribution in [3.8, 4) is 0 Å². The zero-order valence-electron chi connectivity index (χ0n) is 9.61. The van der Waals surface area contributed by atoms with E-state index in [4.69, 9.17) is 16.7 Å². The van der Waals surface area contributed by atoms with E-state index >= 15 is 0 Å². The maximum atomic E-state index is 11.0. The number of nitrogens with one attached hydrogen (secondary N) is 1. The minimum atomic E-state index is -0.982. The zero-order chi connectivity index (χ0) is 12.4. The van der Waals surface area contributed by atoms with Crippen molar-refractivity contribution < 1.29 is 9.90 Å². The van der Waals surface area contributed by atoms with Crippen molar-refractivity contribution in [3.63, 3.8) is 0 Å².